The molecule has 35 heavy (non-hydrogen) atoms. The largest absolute Gasteiger partial charge is 0.497 e. The maximum Gasteiger partial charge on any atom is 0.408 e. The molecular weight excluding hydrogens is 446 g/mol. The molecule has 0 spiro atoms. The smallest absolute Gasteiger partial charge is 0.408 e. The molecule has 2 atom stereocenters. The van der Waals surface area contributed by atoms with E-state index in [0.29, 0.717) is 17.0 Å². The van der Waals surface area contributed by atoms with E-state index in [1.807, 2.05) is 19.1 Å². The fraction of sp³-hybridized carbons (Fsp3) is 0.370. The van der Waals surface area contributed by atoms with Crippen LogP contribution in [0.2, 0.25) is 0 Å². The number of hydrogen-bond acceptors (Lipinski definition) is 5. The van der Waals surface area contributed by atoms with E-state index in [1.54, 1.807) is 64.3 Å². The molecule has 2 aromatic carbocycles. The van der Waals surface area contributed by atoms with Gasteiger partial charge in [0, 0.05) is 11.7 Å². The lowest BCUT2D eigenvalue weighted by Crippen LogP contribution is -2.49. The van der Waals surface area contributed by atoms with Crippen molar-refractivity contribution in [1.82, 2.24) is 10.2 Å². The van der Waals surface area contributed by atoms with Crippen molar-refractivity contribution in [3.05, 3.63) is 59.7 Å². The van der Waals surface area contributed by atoms with E-state index < -0.39 is 35.6 Å². The van der Waals surface area contributed by atoms with Gasteiger partial charge in [0.2, 0.25) is 0 Å². The van der Waals surface area contributed by atoms with Crippen molar-refractivity contribution >= 4 is 23.6 Å². The summed E-state index contributed by atoms with van der Waals surface area (Å²) in [5.74, 6) is -0.500. The molecule has 8 nitrogen and oxygen atoms in total. The van der Waals surface area contributed by atoms with Crippen molar-refractivity contribution in [3.8, 4) is 18.2 Å². The molecule has 2 unspecified atom stereocenters. The number of terminal acetylenes is 1. The Morgan fingerprint density at radius 3 is 2.14 bits per heavy atom. The van der Waals surface area contributed by atoms with Crippen molar-refractivity contribution in [2.24, 2.45) is 0 Å². The summed E-state index contributed by atoms with van der Waals surface area (Å²) >= 11 is 0. The van der Waals surface area contributed by atoms with Crippen LogP contribution in [0.5, 0.6) is 5.75 Å². The Morgan fingerprint density at radius 2 is 1.66 bits per heavy atom. The maximum absolute atomic E-state index is 13.4. The van der Waals surface area contributed by atoms with Crippen molar-refractivity contribution in [2.45, 2.75) is 58.7 Å². The number of nitrogens with zero attached hydrogens (tertiary/aromatic N) is 1. The molecule has 0 bridgehead atoms. The molecule has 2 N–H and O–H groups in total. The summed E-state index contributed by atoms with van der Waals surface area (Å²) < 4.78 is 10.4. The first-order valence-corrected chi connectivity index (χ1v) is 11.3. The van der Waals surface area contributed by atoms with Crippen molar-refractivity contribution in [3.63, 3.8) is 0 Å². The summed E-state index contributed by atoms with van der Waals surface area (Å²) in [6, 6.07) is 14.2. The summed E-state index contributed by atoms with van der Waals surface area (Å²) in [6.45, 7) is 8.64. The molecule has 0 radical (unpaired) electrons. The maximum atomic E-state index is 13.4. The lowest BCUT2D eigenvalue weighted by atomic mass is 10.0. The average molecular weight is 480 g/mol. The lowest BCUT2D eigenvalue weighted by Gasteiger charge is -2.29. The Balaban J connectivity index is 2.34. The Bertz CT molecular complexity index is 1070. The zero-order valence-electron chi connectivity index (χ0n) is 21.0. The van der Waals surface area contributed by atoms with Crippen molar-refractivity contribution < 1.29 is 23.9 Å². The van der Waals surface area contributed by atoms with E-state index in [-0.39, 0.29) is 0 Å². The molecule has 3 amide bonds. The summed E-state index contributed by atoms with van der Waals surface area (Å²) in [4.78, 5) is 39.9. The first-order chi connectivity index (χ1) is 16.5. The third-order valence-electron chi connectivity index (χ3n) is 5.05. The molecule has 0 aromatic heterocycles. The number of aryl methyl sites for hydroxylation is 1. The van der Waals surface area contributed by atoms with Gasteiger partial charge in [-0.2, -0.15) is 0 Å². The van der Waals surface area contributed by atoms with Crippen LogP contribution in [-0.4, -0.2) is 41.6 Å². The van der Waals surface area contributed by atoms with Gasteiger partial charge in [0.05, 0.1) is 7.11 Å². The van der Waals surface area contributed by atoms with Gasteiger partial charge >= 0.3 is 6.09 Å². The second-order valence-electron chi connectivity index (χ2n) is 8.92. The normalized spacial score (nSPS) is 12.5. The summed E-state index contributed by atoms with van der Waals surface area (Å²) in [5.41, 5.74) is 1.38. The van der Waals surface area contributed by atoms with Crippen molar-refractivity contribution in [1.29, 1.82) is 0 Å². The van der Waals surface area contributed by atoms with Gasteiger partial charge in [-0.1, -0.05) is 37.6 Å². The van der Waals surface area contributed by atoms with Crippen molar-refractivity contribution in [2.75, 3.05) is 12.4 Å². The minimum Gasteiger partial charge on any atom is -0.497 e. The highest BCUT2D eigenvalue weighted by atomic mass is 16.6. The fourth-order valence-corrected chi connectivity index (χ4v) is 3.26. The number of nitrogens with one attached hydrogen (secondary N) is 2. The van der Waals surface area contributed by atoms with Crippen LogP contribution in [-0.2, 0) is 20.7 Å². The van der Waals surface area contributed by atoms with Gasteiger partial charge in [0.1, 0.15) is 23.4 Å². The van der Waals surface area contributed by atoms with Gasteiger partial charge in [-0.25, -0.2) is 4.79 Å². The second-order valence-corrected chi connectivity index (χ2v) is 8.92. The number of anilines is 1. The van der Waals surface area contributed by atoms with Crippen LogP contribution in [0, 0.1) is 12.5 Å². The van der Waals surface area contributed by atoms with E-state index in [2.05, 4.69) is 16.7 Å². The third kappa shape index (κ3) is 7.78. The molecule has 0 saturated carbocycles. The monoisotopic (exact) mass is 479 g/mol. The third-order valence-corrected chi connectivity index (χ3v) is 5.05. The Kier molecular flexibility index (Phi) is 9.29. The van der Waals surface area contributed by atoms with E-state index in [9.17, 15) is 14.4 Å². The van der Waals surface area contributed by atoms with Gasteiger partial charge in [-0.05, 0) is 69.5 Å². The second kappa shape index (κ2) is 11.9. The Hall–Kier alpha value is -3.99. The minimum absolute atomic E-state index is 0.504. The van der Waals surface area contributed by atoms with E-state index >= 15 is 0 Å². The Labute approximate surface area is 207 Å². The number of carbonyl (C=O) groups excluding carboxylic acids is 3. The quantitative estimate of drug-likeness (QED) is 0.435. The van der Waals surface area contributed by atoms with Crippen LogP contribution in [0.4, 0.5) is 10.5 Å². The highest BCUT2D eigenvalue weighted by Gasteiger charge is 2.34. The number of ether oxygens (including phenoxy) is 2. The van der Waals surface area contributed by atoms with Crippen LogP contribution >= 0.6 is 0 Å². The molecule has 0 fully saturated rings. The molecule has 0 aliphatic heterocycles. The van der Waals surface area contributed by atoms with E-state index in [0.717, 1.165) is 16.9 Å². The van der Waals surface area contributed by atoms with Crippen LogP contribution in [0.25, 0.3) is 0 Å². The first kappa shape index (κ1) is 27.3. The number of benzene rings is 2. The predicted octanol–water partition coefficient (Wildman–Crippen LogP) is 4.27. The summed E-state index contributed by atoms with van der Waals surface area (Å²) in [7, 11) is 1.55. The molecule has 186 valence electrons. The molecule has 0 saturated heterocycles. The van der Waals surface area contributed by atoms with Gasteiger partial charge in [0.15, 0.2) is 0 Å². The molecule has 2 rings (SSSR count). The number of amides is 3. The predicted molar refractivity (Wildman–Crippen MR) is 135 cm³/mol. The van der Waals surface area contributed by atoms with Gasteiger partial charge in [-0.3, -0.25) is 14.5 Å². The number of rotatable bonds is 8. The molecule has 8 heteroatoms. The van der Waals surface area contributed by atoms with Crippen LogP contribution < -0.4 is 15.4 Å². The number of alkyl carbamates (subject to hydrolysis) is 1. The molecule has 2 aromatic rings. The van der Waals surface area contributed by atoms with Crippen LogP contribution in [0.15, 0.2) is 48.5 Å². The Morgan fingerprint density at radius 1 is 1.06 bits per heavy atom. The fourth-order valence-electron chi connectivity index (χ4n) is 3.26. The molecule has 0 aliphatic rings. The van der Waals surface area contributed by atoms with Crippen LogP contribution in [0.1, 0.15) is 51.8 Å². The summed E-state index contributed by atoms with van der Waals surface area (Å²) in [5, 5.41) is 5.29. The highest BCUT2D eigenvalue weighted by Crippen LogP contribution is 2.25. The van der Waals surface area contributed by atoms with Gasteiger partial charge in [0.25, 0.3) is 11.8 Å². The van der Waals surface area contributed by atoms with E-state index in [1.165, 1.54) is 6.92 Å². The number of hydrogen-bond donors (Lipinski definition) is 2. The molecule has 0 heterocycles. The minimum atomic E-state index is -1.14. The zero-order chi connectivity index (χ0) is 26.2. The SMILES string of the molecule is C#CN(C(=O)C(C)NC(=O)OC(C)(C)C)C(C(=O)Nc1ccc(OC)cc1)c1ccc(CC)cc1. The van der Waals surface area contributed by atoms with Gasteiger partial charge < -0.3 is 20.1 Å². The first-order valence-electron chi connectivity index (χ1n) is 11.3. The topological polar surface area (TPSA) is 97.0 Å². The van der Waals surface area contributed by atoms with E-state index in [4.69, 9.17) is 15.9 Å². The standard InChI is InChI=1S/C27H33N3O5/c1-8-19-10-12-20(13-11-19)23(24(31)29-21-14-16-22(34-7)17-15-21)30(9-2)25(32)18(3)28-26(33)35-27(4,5)6/h2,10-18,23H,8H2,1,3-7H3,(H,28,33)(H,29,31). The molecule has 0 aliphatic carbocycles. The van der Waals surface area contributed by atoms with Gasteiger partial charge in [-0.15, -0.1) is 0 Å². The van der Waals surface area contributed by atoms with Crippen LogP contribution in [0.3, 0.4) is 0 Å². The molecular formula is C27H33N3O5. The highest BCUT2D eigenvalue weighted by molar-refractivity contribution is 5.99. The zero-order valence-corrected chi connectivity index (χ0v) is 21.0. The lowest BCUT2D eigenvalue weighted by molar-refractivity contribution is -0.136. The summed E-state index contributed by atoms with van der Waals surface area (Å²) in [6.07, 6.45) is 5.78. The number of methoxy groups -OCH3 is 1. The number of carbonyl (C=O) groups is 3. The average Bonchev–Trinajstić information content (AvgIpc) is 2.81.